The summed E-state index contributed by atoms with van der Waals surface area (Å²) in [5, 5.41) is 0. The lowest BCUT2D eigenvalue weighted by Crippen LogP contribution is -2.25. The van der Waals surface area contributed by atoms with E-state index >= 15 is 0 Å². The van der Waals surface area contributed by atoms with E-state index in [-0.39, 0.29) is 17.1 Å². The first kappa shape index (κ1) is 14.9. The fourth-order valence-corrected chi connectivity index (χ4v) is 2.54. The van der Waals surface area contributed by atoms with Gasteiger partial charge in [-0.25, -0.2) is 17.5 Å². The van der Waals surface area contributed by atoms with Gasteiger partial charge in [-0.05, 0) is 31.0 Å². The van der Waals surface area contributed by atoms with Crippen LogP contribution in [0.25, 0.3) is 0 Å². The molecule has 0 aliphatic heterocycles. The number of anilines is 1. The summed E-state index contributed by atoms with van der Waals surface area (Å²) in [5.41, 5.74) is 5.48. The summed E-state index contributed by atoms with van der Waals surface area (Å²) >= 11 is 0. The Morgan fingerprint density at radius 2 is 2.06 bits per heavy atom. The van der Waals surface area contributed by atoms with Gasteiger partial charge in [-0.2, -0.15) is 0 Å². The molecule has 1 aromatic carbocycles. The smallest absolute Gasteiger partial charge is 0.240 e. The van der Waals surface area contributed by atoms with Crippen LogP contribution in [0.15, 0.2) is 23.1 Å². The zero-order chi connectivity index (χ0) is 13.6. The monoisotopic (exact) mass is 276 g/mol. The van der Waals surface area contributed by atoms with Gasteiger partial charge in [0.2, 0.25) is 10.0 Å². The molecule has 0 bridgehead atoms. The van der Waals surface area contributed by atoms with Crippen molar-refractivity contribution in [1.29, 1.82) is 0 Å². The molecule has 0 atom stereocenters. The van der Waals surface area contributed by atoms with E-state index in [1.165, 1.54) is 6.07 Å². The van der Waals surface area contributed by atoms with Gasteiger partial charge in [0.05, 0.1) is 4.90 Å². The van der Waals surface area contributed by atoms with E-state index in [1.54, 1.807) is 7.11 Å². The molecule has 5 nitrogen and oxygen atoms in total. The number of hydrogen-bond donors (Lipinski definition) is 2. The first-order valence-corrected chi connectivity index (χ1v) is 6.98. The van der Waals surface area contributed by atoms with Crippen molar-refractivity contribution in [2.45, 2.75) is 17.7 Å². The number of hydrogen-bond acceptors (Lipinski definition) is 4. The van der Waals surface area contributed by atoms with Gasteiger partial charge in [-0.15, -0.1) is 0 Å². The topological polar surface area (TPSA) is 81.4 Å². The van der Waals surface area contributed by atoms with E-state index in [4.69, 9.17) is 10.5 Å². The van der Waals surface area contributed by atoms with Gasteiger partial charge >= 0.3 is 0 Å². The molecule has 0 heterocycles. The summed E-state index contributed by atoms with van der Waals surface area (Å²) in [6.45, 7) is 0.858. The Balaban J connectivity index is 2.63. The van der Waals surface area contributed by atoms with Crippen molar-refractivity contribution in [3.05, 3.63) is 24.0 Å². The molecule has 0 aromatic heterocycles. The van der Waals surface area contributed by atoms with Crippen LogP contribution in [0.1, 0.15) is 12.8 Å². The number of ether oxygens (including phenoxy) is 1. The summed E-state index contributed by atoms with van der Waals surface area (Å²) in [5.74, 6) is -0.672. The molecule has 102 valence electrons. The van der Waals surface area contributed by atoms with Gasteiger partial charge in [-0.1, -0.05) is 0 Å². The predicted molar refractivity (Wildman–Crippen MR) is 67.1 cm³/mol. The Morgan fingerprint density at radius 3 is 2.67 bits per heavy atom. The number of methoxy groups -OCH3 is 1. The SMILES string of the molecule is COCCCCNS(=O)(=O)c1cc(N)cc(F)c1. The third-order valence-electron chi connectivity index (χ3n) is 2.27. The fourth-order valence-electron chi connectivity index (χ4n) is 1.40. The van der Waals surface area contributed by atoms with Crippen LogP contribution in [-0.4, -0.2) is 28.7 Å². The molecule has 0 unspecified atom stereocenters. The number of nitrogen functional groups attached to an aromatic ring is 1. The van der Waals surface area contributed by atoms with Gasteiger partial charge < -0.3 is 10.5 Å². The standard InChI is InChI=1S/C11H17FN2O3S/c1-17-5-3-2-4-14-18(15,16)11-7-9(12)6-10(13)8-11/h6-8,14H,2-5,13H2,1H3. The van der Waals surface area contributed by atoms with Crippen LogP contribution < -0.4 is 10.5 Å². The number of rotatable bonds is 7. The fraction of sp³-hybridized carbons (Fsp3) is 0.455. The lowest BCUT2D eigenvalue weighted by Gasteiger charge is -2.07. The lowest BCUT2D eigenvalue weighted by molar-refractivity contribution is 0.193. The minimum Gasteiger partial charge on any atom is -0.399 e. The quantitative estimate of drug-likeness (QED) is 0.577. The van der Waals surface area contributed by atoms with Crippen LogP contribution in [-0.2, 0) is 14.8 Å². The Kier molecular flexibility index (Phi) is 5.52. The highest BCUT2D eigenvalue weighted by Gasteiger charge is 2.14. The van der Waals surface area contributed by atoms with Crippen molar-refractivity contribution in [3.8, 4) is 0 Å². The zero-order valence-corrected chi connectivity index (χ0v) is 11.0. The maximum Gasteiger partial charge on any atom is 0.240 e. The average Bonchev–Trinajstić information content (AvgIpc) is 2.27. The molecule has 18 heavy (non-hydrogen) atoms. The molecule has 1 rings (SSSR count). The summed E-state index contributed by atoms with van der Waals surface area (Å²) in [6.07, 6.45) is 1.40. The number of sulfonamides is 1. The molecule has 1 aromatic rings. The van der Waals surface area contributed by atoms with Gasteiger partial charge in [0.15, 0.2) is 0 Å². The minimum atomic E-state index is -3.70. The normalized spacial score (nSPS) is 11.7. The van der Waals surface area contributed by atoms with E-state index in [1.807, 2.05) is 0 Å². The highest BCUT2D eigenvalue weighted by atomic mass is 32.2. The van der Waals surface area contributed by atoms with E-state index < -0.39 is 15.8 Å². The summed E-state index contributed by atoms with van der Waals surface area (Å²) < 4.78 is 43.9. The van der Waals surface area contributed by atoms with Crippen molar-refractivity contribution in [3.63, 3.8) is 0 Å². The molecule has 0 saturated heterocycles. The summed E-state index contributed by atoms with van der Waals surface area (Å²) in [4.78, 5) is -0.160. The van der Waals surface area contributed by atoms with E-state index in [9.17, 15) is 12.8 Å². The van der Waals surface area contributed by atoms with Gasteiger partial charge in [-0.3, -0.25) is 0 Å². The number of halogens is 1. The molecule has 3 N–H and O–H groups in total. The first-order chi connectivity index (χ1) is 8.45. The van der Waals surface area contributed by atoms with Crippen LogP contribution in [0.5, 0.6) is 0 Å². The zero-order valence-electron chi connectivity index (χ0n) is 10.1. The number of unbranched alkanes of at least 4 members (excludes halogenated alkanes) is 1. The van der Waals surface area contributed by atoms with Gasteiger partial charge in [0.1, 0.15) is 5.82 Å². The highest BCUT2D eigenvalue weighted by molar-refractivity contribution is 7.89. The van der Waals surface area contributed by atoms with Crippen molar-refractivity contribution in [2.24, 2.45) is 0 Å². The van der Waals surface area contributed by atoms with Crippen molar-refractivity contribution in [2.75, 3.05) is 26.0 Å². The predicted octanol–water partition coefficient (Wildman–Crippen LogP) is 1.11. The van der Waals surface area contributed by atoms with Crippen LogP contribution in [0, 0.1) is 5.82 Å². The summed E-state index contributed by atoms with van der Waals surface area (Å²) in [6, 6.07) is 3.23. The lowest BCUT2D eigenvalue weighted by atomic mass is 10.3. The number of nitrogens with two attached hydrogens (primary N) is 1. The summed E-state index contributed by atoms with van der Waals surface area (Å²) in [7, 11) is -2.12. The number of benzene rings is 1. The molecular weight excluding hydrogens is 259 g/mol. The molecule has 0 spiro atoms. The largest absolute Gasteiger partial charge is 0.399 e. The van der Waals surface area contributed by atoms with E-state index in [0.717, 1.165) is 18.6 Å². The highest BCUT2D eigenvalue weighted by Crippen LogP contribution is 2.15. The first-order valence-electron chi connectivity index (χ1n) is 5.50. The van der Waals surface area contributed by atoms with Gasteiger partial charge in [0.25, 0.3) is 0 Å². The average molecular weight is 276 g/mol. The number of nitrogens with one attached hydrogen (secondary N) is 1. The van der Waals surface area contributed by atoms with Crippen LogP contribution in [0.3, 0.4) is 0 Å². The second-order valence-electron chi connectivity index (χ2n) is 3.82. The Bertz CT molecular complexity index is 471. The van der Waals surface area contributed by atoms with E-state index in [2.05, 4.69) is 4.72 Å². The third-order valence-corrected chi connectivity index (χ3v) is 3.71. The molecule has 0 fully saturated rings. The Labute approximate surface area is 106 Å². The van der Waals surface area contributed by atoms with E-state index in [0.29, 0.717) is 13.0 Å². The second-order valence-corrected chi connectivity index (χ2v) is 5.58. The molecule has 7 heteroatoms. The molecule has 0 aliphatic rings. The molecule has 0 saturated carbocycles. The van der Waals surface area contributed by atoms with Crippen molar-refractivity contribution < 1.29 is 17.5 Å². The minimum absolute atomic E-state index is 0.0785. The molecule has 0 radical (unpaired) electrons. The second kappa shape index (κ2) is 6.67. The molecular formula is C11H17FN2O3S. The van der Waals surface area contributed by atoms with Crippen LogP contribution in [0.2, 0.25) is 0 Å². The maximum atomic E-state index is 13.1. The maximum absolute atomic E-state index is 13.1. The van der Waals surface area contributed by atoms with Crippen LogP contribution >= 0.6 is 0 Å². The Hall–Kier alpha value is -1.18. The van der Waals surface area contributed by atoms with Crippen LogP contribution in [0.4, 0.5) is 10.1 Å². The third kappa shape index (κ3) is 4.59. The van der Waals surface area contributed by atoms with Gasteiger partial charge in [0, 0.05) is 25.9 Å². The molecule has 0 amide bonds. The molecule has 0 aliphatic carbocycles. The van der Waals surface area contributed by atoms with Crippen molar-refractivity contribution >= 4 is 15.7 Å². The van der Waals surface area contributed by atoms with Crippen molar-refractivity contribution in [1.82, 2.24) is 4.72 Å². The Morgan fingerprint density at radius 1 is 1.33 bits per heavy atom.